The molecule has 0 saturated carbocycles. The van der Waals surface area contributed by atoms with Gasteiger partial charge in [-0.05, 0) is 50.6 Å². The number of carbonyl (C=O) groups is 2. The monoisotopic (exact) mass is 488 g/mol. The molecule has 3 rings (SSSR count). The van der Waals surface area contributed by atoms with E-state index in [1.807, 2.05) is 39.0 Å². The molecule has 0 aliphatic heterocycles. The fourth-order valence-corrected chi connectivity index (χ4v) is 4.27. The number of aromatic nitrogens is 1. The summed E-state index contributed by atoms with van der Waals surface area (Å²) in [6, 6.07) is 12.6. The zero-order valence-electron chi connectivity index (χ0n) is 16.8. The smallest absolute Gasteiger partial charge is 0.339 e. The van der Waals surface area contributed by atoms with E-state index in [1.165, 1.54) is 11.8 Å². The summed E-state index contributed by atoms with van der Waals surface area (Å²) in [6.45, 7) is 5.34. The van der Waals surface area contributed by atoms with Gasteiger partial charge in [0.05, 0.1) is 11.3 Å². The second kappa shape index (κ2) is 9.95. The predicted octanol–water partition coefficient (Wildman–Crippen LogP) is 5.45. The number of amides is 1. The average Bonchev–Trinajstić information content (AvgIpc) is 3.05. The van der Waals surface area contributed by atoms with Crippen LogP contribution in [0, 0.1) is 20.8 Å². The molecule has 1 heterocycles. The number of anilines is 1. The van der Waals surface area contributed by atoms with Gasteiger partial charge in [0.15, 0.2) is 6.61 Å². The Kier molecular flexibility index (Phi) is 7.33. The van der Waals surface area contributed by atoms with Crippen LogP contribution >= 0.6 is 27.7 Å². The third-order valence-corrected chi connectivity index (χ3v) is 6.40. The molecular weight excluding hydrogens is 468 g/mol. The number of nitrogens with one attached hydrogen (secondary N) is 1. The minimum Gasteiger partial charge on any atom is -0.452 e. The van der Waals surface area contributed by atoms with Crippen molar-refractivity contribution in [1.82, 2.24) is 5.16 Å². The molecule has 8 heteroatoms. The van der Waals surface area contributed by atoms with Crippen molar-refractivity contribution in [2.75, 3.05) is 11.9 Å². The highest BCUT2D eigenvalue weighted by Crippen LogP contribution is 2.29. The summed E-state index contributed by atoms with van der Waals surface area (Å²) < 4.78 is 11.3. The van der Waals surface area contributed by atoms with Crippen LogP contribution in [0.25, 0.3) is 0 Å². The van der Waals surface area contributed by atoms with Crippen molar-refractivity contribution in [2.24, 2.45) is 0 Å². The number of halogens is 1. The zero-order valence-corrected chi connectivity index (χ0v) is 19.2. The van der Waals surface area contributed by atoms with Gasteiger partial charge in [0, 0.05) is 26.4 Å². The Labute approximate surface area is 187 Å². The first-order chi connectivity index (χ1) is 14.3. The highest BCUT2D eigenvalue weighted by Gasteiger charge is 2.16. The van der Waals surface area contributed by atoms with E-state index in [1.54, 1.807) is 24.3 Å². The van der Waals surface area contributed by atoms with Crippen LogP contribution < -0.4 is 5.32 Å². The quantitative estimate of drug-likeness (QED) is 0.351. The zero-order chi connectivity index (χ0) is 21.7. The number of hydrogen-bond donors (Lipinski definition) is 1. The molecule has 0 aliphatic carbocycles. The molecule has 1 aromatic heterocycles. The van der Waals surface area contributed by atoms with Crippen LogP contribution in [-0.4, -0.2) is 23.6 Å². The van der Waals surface area contributed by atoms with E-state index in [4.69, 9.17) is 9.26 Å². The Balaban J connectivity index is 1.60. The van der Waals surface area contributed by atoms with E-state index in [0.29, 0.717) is 17.0 Å². The number of benzene rings is 2. The van der Waals surface area contributed by atoms with Crippen molar-refractivity contribution < 1.29 is 18.8 Å². The maximum absolute atomic E-state index is 12.6. The van der Waals surface area contributed by atoms with E-state index < -0.39 is 11.9 Å². The van der Waals surface area contributed by atoms with Crippen molar-refractivity contribution in [2.45, 2.75) is 31.4 Å². The van der Waals surface area contributed by atoms with Gasteiger partial charge >= 0.3 is 5.97 Å². The topological polar surface area (TPSA) is 81.4 Å². The molecule has 0 fully saturated rings. The van der Waals surface area contributed by atoms with Crippen LogP contribution in [0.15, 0.2) is 56.4 Å². The SMILES string of the molecule is Cc1ccc(NC(=O)COC(=O)c2ccccc2SCc2c(C)noc2C)cc1Br. The Morgan fingerprint density at radius 1 is 1.17 bits per heavy atom. The molecule has 0 bridgehead atoms. The second-order valence-corrected chi connectivity index (χ2v) is 8.55. The van der Waals surface area contributed by atoms with E-state index in [2.05, 4.69) is 26.4 Å². The number of carbonyl (C=O) groups excluding carboxylic acids is 2. The molecule has 0 radical (unpaired) electrons. The van der Waals surface area contributed by atoms with Crippen LogP contribution in [-0.2, 0) is 15.3 Å². The van der Waals surface area contributed by atoms with Gasteiger partial charge in [-0.3, -0.25) is 4.79 Å². The lowest BCUT2D eigenvalue weighted by Crippen LogP contribution is -2.21. The predicted molar refractivity (Wildman–Crippen MR) is 120 cm³/mol. The normalized spacial score (nSPS) is 10.7. The number of rotatable bonds is 7. The second-order valence-electron chi connectivity index (χ2n) is 6.68. The van der Waals surface area contributed by atoms with Crippen LogP contribution in [0.3, 0.4) is 0 Å². The molecule has 156 valence electrons. The third kappa shape index (κ3) is 5.52. The molecular formula is C22H21BrN2O4S. The Hall–Kier alpha value is -2.58. The standard InChI is InChI=1S/C22H21BrN2O4S/c1-13-8-9-16(10-19(13)23)24-21(26)11-28-22(27)17-6-4-5-7-20(17)30-12-18-14(2)25-29-15(18)3/h4-10H,11-12H2,1-3H3,(H,24,26). The van der Waals surface area contributed by atoms with Gasteiger partial charge < -0.3 is 14.6 Å². The third-order valence-electron chi connectivity index (χ3n) is 4.45. The Bertz CT molecular complexity index is 1060. The number of aryl methyl sites for hydroxylation is 3. The largest absolute Gasteiger partial charge is 0.452 e. The van der Waals surface area contributed by atoms with Gasteiger partial charge in [-0.1, -0.05) is 39.3 Å². The Morgan fingerprint density at radius 3 is 2.63 bits per heavy atom. The summed E-state index contributed by atoms with van der Waals surface area (Å²) in [5, 5.41) is 6.67. The van der Waals surface area contributed by atoms with Crippen molar-refractivity contribution in [3.63, 3.8) is 0 Å². The van der Waals surface area contributed by atoms with Crippen LogP contribution in [0.4, 0.5) is 5.69 Å². The number of esters is 1. The summed E-state index contributed by atoms with van der Waals surface area (Å²) in [4.78, 5) is 25.5. The summed E-state index contributed by atoms with van der Waals surface area (Å²) in [6.07, 6.45) is 0. The van der Waals surface area contributed by atoms with Crippen LogP contribution in [0.1, 0.15) is 32.9 Å². The van der Waals surface area contributed by atoms with Gasteiger partial charge in [-0.2, -0.15) is 0 Å². The molecule has 1 amide bonds. The van der Waals surface area contributed by atoms with Gasteiger partial charge in [-0.25, -0.2) is 4.79 Å². The van der Waals surface area contributed by atoms with Gasteiger partial charge in [0.2, 0.25) is 0 Å². The van der Waals surface area contributed by atoms with Crippen molar-refractivity contribution in [1.29, 1.82) is 0 Å². The van der Waals surface area contributed by atoms with Crippen molar-refractivity contribution in [3.8, 4) is 0 Å². The first-order valence-electron chi connectivity index (χ1n) is 9.22. The lowest BCUT2D eigenvalue weighted by molar-refractivity contribution is -0.119. The minimum atomic E-state index is -0.544. The highest BCUT2D eigenvalue weighted by molar-refractivity contribution is 9.10. The number of hydrogen-bond acceptors (Lipinski definition) is 6. The van der Waals surface area contributed by atoms with Crippen molar-refractivity contribution >= 4 is 45.3 Å². The molecule has 1 N–H and O–H groups in total. The number of thioether (sulfide) groups is 1. The van der Waals surface area contributed by atoms with Gasteiger partial charge in [0.25, 0.3) is 5.91 Å². The molecule has 0 unspecified atom stereocenters. The Morgan fingerprint density at radius 2 is 1.93 bits per heavy atom. The van der Waals surface area contributed by atoms with Gasteiger partial charge in [0.1, 0.15) is 5.76 Å². The maximum atomic E-state index is 12.6. The molecule has 0 saturated heterocycles. The number of nitrogens with zero attached hydrogens (tertiary/aromatic N) is 1. The fourth-order valence-electron chi connectivity index (χ4n) is 2.70. The summed E-state index contributed by atoms with van der Waals surface area (Å²) in [5.74, 6) is 0.436. The molecule has 2 aromatic carbocycles. The minimum absolute atomic E-state index is 0.368. The van der Waals surface area contributed by atoms with Gasteiger partial charge in [-0.15, -0.1) is 11.8 Å². The molecule has 0 atom stereocenters. The maximum Gasteiger partial charge on any atom is 0.339 e. The first kappa shape index (κ1) is 22.1. The lowest BCUT2D eigenvalue weighted by Gasteiger charge is -2.10. The summed E-state index contributed by atoms with van der Waals surface area (Å²) >= 11 is 4.92. The van der Waals surface area contributed by atoms with E-state index in [-0.39, 0.29) is 6.61 Å². The molecule has 3 aromatic rings. The molecule has 6 nitrogen and oxygen atoms in total. The van der Waals surface area contributed by atoms with Crippen molar-refractivity contribution in [3.05, 3.63) is 75.1 Å². The number of ether oxygens (including phenoxy) is 1. The van der Waals surface area contributed by atoms with E-state index >= 15 is 0 Å². The van der Waals surface area contributed by atoms with E-state index in [0.717, 1.165) is 31.9 Å². The lowest BCUT2D eigenvalue weighted by atomic mass is 10.2. The fraction of sp³-hybridized carbons (Fsp3) is 0.227. The van der Waals surface area contributed by atoms with Crippen LogP contribution in [0.2, 0.25) is 0 Å². The molecule has 0 spiro atoms. The first-order valence-corrected chi connectivity index (χ1v) is 11.0. The van der Waals surface area contributed by atoms with E-state index in [9.17, 15) is 9.59 Å². The average molecular weight is 489 g/mol. The van der Waals surface area contributed by atoms with Crippen LogP contribution in [0.5, 0.6) is 0 Å². The summed E-state index contributed by atoms with van der Waals surface area (Å²) in [7, 11) is 0. The summed E-state index contributed by atoms with van der Waals surface area (Å²) in [5.41, 5.74) is 3.94. The highest BCUT2D eigenvalue weighted by atomic mass is 79.9. The molecule has 30 heavy (non-hydrogen) atoms. The molecule has 0 aliphatic rings.